The minimum Gasteiger partial charge on any atom is -0.322 e. The Morgan fingerprint density at radius 1 is 1.14 bits per heavy atom. The van der Waals surface area contributed by atoms with Gasteiger partial charge in [0.1, 0.15) is 0 Å². The van der Waals surface area contributed by atoms with Gasteiger partial charge in [0.15, 0.2) is 0 Å². The Morgan fingerprint density at radius 3 is 2.73 bits per heavy atom. The van der Waals surface area contributed by atoms with Gasteiger partial charge >= 0.3 is 0 Å². The highest BCUT2D eigenvalue weighted by molar-refractivity contribution is 6.42. The van der Waals surface area contributed by atoms with E-state index in [9.17, 15) is 4.79 Å². The van der Waals surface area contributed by atoms with E-state index < -0.39 is 0 Å². The van der Waals surface area contributed by atoms with Crippen LogP contribution in [-0.4, -0.2) is 15.9 Å². The van der Waals surface area contributed by atoms with Gasteiger partial charge in [0.05, 0.1) is 26.8 Å². The van der Waals surface area contributed by atoms with Gasteiger partial charge in [-0.1, -0.05) is 23.2 Å². The number of aryl methyl sites for hydroxylation is 1. The predicted octanol–water partition coefficient (Wildman–Crippen LogP) is 4.50. The van der Waals surface area contributed by atoms with Crippen LogP contribution in [0.25, 0.3) is 10.9 Å². The molecule has 1 amide bonds. The zero-order valence-electron chi connectivity index (χ0n) is 11.6. The molecule has 22 heavy (non-hydrogen) atoms. The van der Waals surface area contributed by atoms with E-state index in [-0.39, 0.29) is 5.91 Å². The van der Waals surface area contributed by atoms with Gasteiger partial charge < -0.3 is 5.32 Å². The van der Waals surface area contributed by atoms with Crippen LogP contribution >= 0.6 is 23.2 Å². The Balaban J connectivity index is 1.94. The highest BCUT2D eigenvalue weighted by Gasteiger charge is 2.12. The topological polar surface area (TPSA) is 54.9 Å². The first-order chi connectivity index (χ1) is 10.5. The van der Waals surface area contributed by atoms with E-state index in [1.807, 2.05) is 6.07 Å². The van der Waals surface area contributed by atoms with Crippen LogP contribution in [-0.2, 0) is 0 Å². The highest BCUT2D eigenvalue weighted by Crippen LogP contribution is 2.25. The SMILES string of the molecule is Cc1nc2ccncc2cc1C(=O)Nc1ccc(Cl)c(Cl)c1. The molecular weight excluding hydrogens is 321 g/mol. The summed E-state index contributed by atoms with van der Waals surface area (Å²) in [7, 11) is 0. The molecule has 0 radical (unpaired) electrons. The second-order valence-electron chi connectivity index (χ2n) is 4.77. The number of amides is 1. The summed E-state index contributed by atoms with van der Waals surface area (Å²) in [5, 5.41) is 4.43. The van der Waals surface area contributed by atoms with E-state index in [1.165, 1.54) is 0 Å². The Hall–Kier alpha value is -2.17. The molecule has 110 valence electrons. The lowest BCUT2D eigenvalue weighted by Crippen LogP contribution is -2.14. The fourth-order valence-electron chi connectivity index (χ4n) is 2.12. The fraction of sp³-hybridized carbons (Fsp3) is 0.0625. The lowest BCUT2D eigenvalue weighted by Gasteiger charge is -2.09. The number of rotatable bonds is 2. The van der Waals surface area contributed by atoms with Crippen molar-refractivity contribution >= 4 is 45.7 Å². The number of halogens is 2. The lowest BCUT2D eigenvalue weighted by molar-refractivity contribution is 0.102. The smallest absolute Gasteiger partial charge is 0.257 e. The molecule has 1 N–H and O–H groups in total. The van der Waals surface area contributed by atoms with Crippen molar-refractivity contribution in [3.63, 3.8) is 0 Å². The molecule has 0 atom stereocenters. The molecule has 0 aliphatic carbocycles. The van der Waals surface area contributed by atoms with Crippen LogP contribution in [0.5, 0.6) is 0 Å². The third kappa shape index (κ3) is 2.89. The average Bonchev–Trinajstić information content (AvgIpc) is 2.50. The van der Waals surface area contributed by atoms with Crippen LogP contribution in [0.2, 0.25) is 10.0 Å². The molecule has 0 saturated carbocycles. The third-order valence-electron chi connectivity index (χ3n) is 3.23. The molecule has 4 nitrogen and oxygen atoms in total. The van der Waals surface area contributed by atoms with E-state index in [1.54, 1.807) is 43.6 Å². The van der Waals surface area contributed by atoms with Crippen LogP contribution in [0.1, 0.15) is 16.1 Å². The monoisotopic (exact) mass is 331 g/mol. The summed E-state index contributed by atoms with van der Waals surface area (Å²) >= 11 is 11.8. The zero-order chi connectivity index (χ0) is 15.7. The summed E-state index contributed by atoms with van der Waals surface area (Å²) in [6.07, 6.45) is 3.35. The van der Waals surface area contributed by atoms with Crippen LogP contribution < -0.4 is 5.32 Å². The quantitative estimate of drug-likeness (QED) is 0.752. The molecule has 3 rings (SSSR count). The summed E-state index contributed by atoms with van der Waals surface area (Å²) < 4.78 is 0. The number of carbonyl (C=O) groups excluding carboxylic acids is 1. The molecule has 0 unspecified atom stereocenters. The third-order valence-corrected chi connectivity index (χ3v) is 3.97. The number of nitrogens with zero attached hydrogens (tertiary/aromatic N) is 2. The maximum atomic E-state index is 12.4. The largest absolute Gasteiger partial charge is 0.322 e. The Morgan fingerprint density at radius 2 is 1.95 bits per heavy atom. The highest BCUT2D eigenvalue weighted by atomic mass is 35.5. The van der Waals surface area contributed by atoms with E-state index >= 15 is 0 Å². The number of carbonyl (C=O) groups is 1. The molecule has 0 fully saturated rings. The zero-order valence-corrected chi connectivity index (χ0v) is 13.1. The van der Waals surface area contributed by atoms with Crippen molar-refractivity contribution in [1.82, 2.24) is 9.97 Å². The van der Waals surface area contributed by atoms with Crippen LogP contribution in [0.3, 0.4) is 0 Å². The van der Waals surface area contributed by atoms with Crippen molar-refractivity contribution in [3.8, 4) is 0 Å². The van der Waals surface area contributed by atoms with Gasteiger partial charge in [-0.15, -0.1) is 0 Å². The van der Waals surface area contributed by atoms with Gasteiger partial charge in [0.25, 0.3) is 5.91 Å². The van der Waals surface area contributed by atoms with E-state index in [0.29, 0.717) is 27.0 Å². The maximum Gasteiger partial charge on any atom is 0.257 e. The Labute approximate surface area is 137 Å². The van der Waals surface area contributed by atoms with Gasteiger partial charge in [-0.2, -0.15) is 0 Å². The molecule has 1 aromatic carbocycles. The van der Waals surface area contributed by atoms with Crippen molar-refractivity contribution < 1.29 is 4.79 Å². The van der Waals surface area contributed by atoms with Crippen molar-refractivity contribution in [2.24, 2.45) is 0 Å². The molecule has 3 aromatic rings. The van der Waals surface area contributed by atoms with E-state index in [2.05, 4.69) is 15.3 Å². The lowest BCUT2D eigenvalue weighted by atomic mass is 10.1. The van der Waals surface area contributed by atoms with Crippen LogP contribution in [0, 0.1) is 6.92 Å². The number of nitrogens with one attached hydrogen (secondary N) is 1. The van der Waals surface area contributed by atoms with Crippen molar-refractivity contribution in [2.75, 3.05) is 5.32 Å². The standard InChI is InChI=1S/C16H11Cl2N3O/c1-9-12(6-10-8-19-5-4-15(10)20-9)16(22)21-11-2-3-13(17)14(18)7-11/h2-8H,1H3,(H,21,22). The molecule has 2 heterocycles. The summed E-state index contributed by atoms with van der Waals surface area (Å²) in [6.45, 7) is 1.80. The maximum absolute atomic E-state index is 12.4. The number of hydrogen-bond acceptors (Lipinski definition) is 3. The molecule has 0 bridgehead atoms. The molecule has 0 aliphatic heterocycles. The van der Waals surface area contributed by atoms with Crippen molar-refractivity contribution in [1.29, 1.82) is 0 Å². The van der Waals surface area contributed by atoms with Gasteiger partial charge in [-0.05, 0) is 37.3 Å². The first-order valence-electron chi connectivity index (χ1n) is 6.52. The molecular formula is C16H11Cl2N3O. The normalized spacial score (nSPS) is 10.7. The van der Waals surface area contributed by atoms with Gasteiger partial charge in [0.2, 0.25) is 0 Å². The van der Waals surface area contributed by atoms with E-state index in [0.717, 1.165) is 10.9 Å². The van der Waals surface area contributed by atoms with Crippen molar-refractivity contribution in [3.05, 3.63) is 64.0 Å². The second-order valence-corrected chi connectivity index (χ2v) is 5.59. The number of aromatic nitrogens is 2. The Bertz CT molecular complexity index is 880. The number of anilines is 1. The molecule has 0 aliphatic rings. The second kappa shape index (κ2) is 5.91. The first-order valence-corrected chi connectivity index (χ1v) is 7.28. The molecule has 0 saturated heterocycles. The van der Waals surface area contributed by atoms with Crippen LogP contribution in [0.15, 0.2) is 42.7 Å². The van der Waals surface area contributed by atoms with Gasteiger partial charge in [-0.3, -0.25) is 14.8 Å². The summed E-state index contributed by atoms with van der Waals surface area (Å²) in [5.74, 6) is -0.255. The molecule has 2 aromatic heterocycles. The fourth-order valence-corrected chi connectivity index (χ4v) is 2.41. The van der Waals surface area contributed by atoms with Crippen LogP contribution in [0.4, 0.5) is 5.69 Å². The number of hydrogen-bond donors (Lipinski definition) is 1. The number of fused-ring (bicyclic) bond motifs is 1. The predicted molar refractivity (Wildman–Crippen MR) is 88.7 cm³/mol. The Kier molecular flexibility index (Phi) is 3.96. The minimum absolute atomic E-state index is 0.255. The summed E-state index contributed by atoms with van der Waals surface area (Å²) in [6, 6.07) is 8.51. The summed E-state index contributed by atoms with van der Waals surface area (Å²) in [5.41, 5.74) is 2.52. The van der Waals surface area contributed by atoms with Gasteiger partial charge in [0, 0.05) is 23.5 Å². The summed E-state index contributed by atoms with van der Waals surface area (Å²) in [4.78, 5) is 20.9. The average molecular weight is 332 g/mol. The number of benzene rings is 1. The first kappa shape index (κ1) is 14.8. The molecule has 0 spiro atoms. The van der Waals surface area contributed by atoms with Crippen molar-refractivity contribution in [2.45, 2.75) is 6.92 Å². The van der Waals surface area contributed by atoms with Gasteiger partial charge in [-0.25, -0.2) is 0 Å². The number of pyridine rings is 2. The minimum atomic E-state index is -0.255. The molecule has 6 heteroatoms. The van der Waals surface area contributed by atoms with E-state index in [4.69, 9.17) is 23.2 Å².